The Labute approximate surface area is 617 Å². The molecule has 4 heterocycles. The Morgan fingerprint density at radius 1 is 0.170 bits per heavy atom. The minimum atomic E-state index is -0.678. The molecular formula is C100H68N4O2. The first-order valence-electron chi connectivity index (χ1n) is 35.9. The molecule has 0 N–H and O–H groups in total. The van der Waals surface area contributed by atoms with Gasteiger partial charge in [-0.2, -0.15) is 0 Å². The molecule has 0 unspecified atom stereocenters. The van der Waals surface area contributed by atoms with E-state index in [9.17, 15) is 0 Å². The van der Waals surface area contributed by atoms with Crippen LogP contribution in [0.3, 0.4) is 0 Å². The Balaban J connectivity index is 0.000000151. The summed E-state index contributed by atoms with van der Waals surface area (Å²) in [5, 5.41) is 0. The van der Waals surface area contributed by atoms with E-state index >= 15 is 0 Å². The monoisotopic (exact) mass is 1360 g/mol. The Hall–Kier alpha value is -13.9. The molecule has 0 aliphatic carbocycles. The second kappa shape index (κ2) is 28.1. The molecule has 2 aliphatic heterocycles. The number of hydrogen-bond donors (Lipinski definition) is 0. The summed E-state index contributed by atoms with van der Waals surface area (Å²) in [4.78, 5) is 20.8. The highest BCUT2D eigenvalue weighted by atomic mass is 16.5. The molecule has 6 heteroatoms. The van der Waals surface area contributed by atoms with E-state index in [1.165, 1.54) is 22.3 Å². The van der Waals surface area contributed by atoms with Crippen LogP contribution < -0.4 is 9.47 Å². The third-order valence-electron chi connectivity index (χ3n) is 20.5. The van der Waals surface area contributed by atoms with Crippen LogP contribution in [0.25, 0.3) is 101 Å². The van der Waals surface area contributed by atoms with Gasteiger partial charge in [-0.1, -0.05) is 376 Å². The minimum absolute atomic E-state index is 0.660. The van der Waals surface area contributed by atoms with Gasteiger partial charge in [0.15, 0.2) is 11.6 Å². The molecule has 0 saturated carbocycles. The SMILES string of the molecule is c1ccc(-c2cc(-c3ccccc3-c3ccccc3C3(c4ccccc4)c4ccccc4Oc4ccccc43)nc(-c3ccccc3)n2)cc1.c1ccc(-c2ccc(-c3cc(-c4ccccc4-c4ccccc4C4(c5ccccc5)c5ccccc5Oc5ccccc54)nc(-c4ccccc4)n3)cc2)cc1. The molecule has 2 aliphatic rings. The van der Waals surface area contributed by atoms with E-state index in [4.69, 9.17) is 29.4 Å². The summed E-state index contributed by atoms with van der Waals surface area (Å²) in [5.74, 6) is 4.79. The second-order valence-electron chi connectivity index (χ2n) is 26.6. The van der Waals surface area contributed by atoms with Gasteiger partial charge in [0.05, 0.1) is 33.6 Å². The van der Waals surface area contributed by atoms with E-state index in [-0.39, 0.29) is 0 Å². The van der Waals surface area contributed by atoms with Crippen molar-refractivity contribution in [3.8, 4) is 124 Å². The van der Waals surface area contributed by atoms with Crippen LogP contribution in [-0.2, 0) is 10.8 Å². The topological polar surface area (TPSA) is 70.0 Å². The molecule has 0 radical (unpaired) electrons. The number of rotatable bonds is 13. The van der Waals surface area contributed by atoms with Crippen LogP contribution in [-0.4, -0.2) is 19.9 Å². The lowest BCUT2D eigenvalue weighted by Gasteiger charge is -2.42. The van der Waals surface area contributed by atoms with Crippen LogP contribution in [0.15, 0.2) is 413 Å². The standard InChI is InChI=1S/C53H36N2O.C47H32N2O/c1-4-18-37(19-5-1)38-32-34-39(35-33-38)48-36-49(55-52(54-48)40-20-6-2-7-21-40)44-26-11-10-24-42(44)43-25-12-13-27-45(43)53(41-22-8-3-9-23-41)46-28-14-16-30-50(46)56-51-31-17-15-29-47(51)53;1-4-18-33(19-5-1)42-32-43(49-46(48-42)34-20-6-2-7-21-34)38-26-11-10-24-36(38)37-25-12-13-27-39(37)47(35-22-8-3-9-23-35)40-28-14-16-30-44(40)50-45-31-17-15-29-41(45)47/h1-36H;1-32H. The van der Waals surface area contributed by atoms with Gasteiger partial charge in [-0.25, -0.2) is 19.9 Å². The average molecular weight is 1360 g/mol. The maximum absolute atomic E-state index is 6.64. The molecule has 0 spiro atoms. The van der Waals surface area contributed by atoms with Gasteiger partial charge in [-0.15, -0.1) is 0 Å². The van der Waals surface area contributed by atoms with Gasteiger partial charge in [-0.3, -0.25) is 0 Å². The molecule has 500 valence electrons. The zero-order valence-electron chi connectivity index (χ0n) is 57.9. The van der Waals surface area contributed by atoms with Crippen LogP contribution in [0.2, 0.25) is 0 Å². The molecule has 19 rings (SSSR count). The lowest BCUT2D eigenvalue weighted by Crippen LogP contribution is -2.34. The Morgan fingerprint density at radius 2 is 0.406 bits per heavy atom. The number of ether oxygens (including phenoxy) is 2. The highest BCUT2D eigenvalue weighted by Crippen LogP contribution is 2.59. The summed E-state index contributed by atoms with van der Waals surface area (Å²) in [6.45, 7) is 0. The Morgan fingerprint density at radius 3 is 0.764 bits per heavy atom. The molecule has 0 saturated heterocycles. The van der Waals surface area contributed by atoms with Crippen molar-refractivity contribution >= 4 is 0 Å². The van der Waals surface area contributed by atoms with E-state index < -0.39 is 10.8 Å². The fourth-order valence-electron chi connectivity index (χ4n) is 15.8. The maximum Gasteiger partial charge on any atom is 0.160 e. The summed E-state index contributed by atoms with van der Waals surface area (Å²) in [6.07, 6.45) is 0. The molecule has 106 heavy (non-hydrogen) atoms. The van der Waals surface area contributed by atoms with E-state index in [0.717, 1.165) is 135 Å². The number of para-hydroxylation sites is 4. The number of nitrogens with zero attached hydrogens (tertiary/aromatic N) is 4. The van der Waals surface area contributed by atoms with E-state index in [1.54, 1.807) is 0 Å². The summed E-state index contributed by atoms with van der Waals surface area (Å²) >= 11 is 0. The summed E-state index contributed by atoms with van der Waals surface area (Å²) in [5.41, 5.74) is 24.1. The van der Waals surface area contributed by atoms with Crippen LogP contribution >= 0.6 is 0 Å². The van der Waals surface area contributed by atoms with Crippen molar-refractivity contribution in [2.75, 3.05) is 0 Å². The highest BCUT2D eigenvalue weighted by Gasteiger charge is 2.48. The first-order chi connectivity index (χ1) is 52.6. The van der Waals surface area contributed by atoms with Gasteiger partial charge in [0.25, 0.3) is 0 Å². The smallest absolute Gasteiger partial charge is 0.160 e. The van der Waals surface area contributed by atoms with Gasteiger partial charge in [0.2, 0.25) is 0 Å². The molecule has 0 fully saturated rings. The van der Waals surface area contributed by atoms with Crippen molar-refractivity contribution in [2.45, 2.75) is 10.8 Å². The van der Waals surface area contributed by atoms with Crippen LogP contribution in [0.4, 0.5) is 0 Å². The Bertz CT molecular complexity index is 5860. The molecule has 6 nitrogen and oxygen atoms in total. The van der Waals surface area contributed by atoms with E-state index in [2.05, 4.69) is 352 Å². The van der Waals surface area contributed by atoms with Gasteiger partial charge < -0.3 is 9.47 Å². The second-order valence-corrected chi connectivity index (χ2v) is 26.6. The Kier molecular flexibility index (Phi) is 17.0. The fraction of sp³-hybridized carbons (Fsp3) is 0.0200. The van der Waals surface area contributed by atoms with Crippen LogP contribution in [0, 0.1) is 0 Å². The quantitative estimate of drug-likeness (QED) is 0.115. The largest absolute Gasteiger partial charge is 0.457 e. The zero-order valence-corrected chi connectivity index (χ0v) is 57.9. The molecule has 2 aromatic heterocycles. The van der Waals surface area contributed by atoms with Gasteiger partial charge >= 0.3 is 0 Å². The predicted octanol–water partition coefficient (Wildman–Crippen LogP) is 24.9. The van der Waals surface area contributed by atoms with Gasteiger partial charge in [0.1, 0.15) is 23.0 Å². The highest BCUT2D eigenvalue weighted by molar-refractivity contribution is 5.90. The maximum atomic E-state index is 6.64. The number of hydrogen-bond acceptors (Lipinski definition) is 6. The predicted molar refractivity (Wildman–Crippen MR) is 430 cm³/mol. The lowest BCUT2D eigenvalue weighted by molar-refractivity contribution is 0.434. The molecule has 15 aromatic carbocycles. The first-order valence-corrected chi connectivity index (χ1v) is 35.9. The van der Waals surface area contributed by atoms with Crippen LogP contribution in [0.1, 0.15) is 44.5 Å². The minimum Gasteiger partial charge on any atom is -0.457 e. The number of aromatic nitrogens is 4. The van der Waals surface area contributed by atoms with Gasteiger partial charge in [0, 0.05) is 55.6 Å². The van der Waals surface area contributed by atoms with Crippen molar-refractivity contribution in [2.24, 2.45) is 0 Å². The van der Waals surface area contributed by atoms with Crippen molar-refractivity contribution in [3.05, 3.63) is 457 Å². The lowest BCUT2D eigenvalue weighted by atomic mass is 9.62. The third-order valence-corrected chi connectivity index (χ3v) is 20.5. The number of benzene rings is 15. The number of fused-ring (bicyclic) bond motifs is 4. The summed E-state index contributed by atoms with van der Waals surface area (Å²) < 4.78 is 13.2. The van der Waals surface area contributed by atoms with Crippen molar-refractivity contribution in [3.63, 3.8) is 0 Å². The fourth-order valence-corrected chi connectivity index (χ4v) is 15.8. The van der Waals surface area contributed by atoms with Crippen molar-refractivity contribution in [1.82, 2.24) is 19.9 Å². The van der Waals surface area contributed by atoms with E-state index in [0.29, 0.717) is 11.6 Å². The van der Waals surface area contributed by atoms with E-state index in [1.807, 2.05) is 60.7 Å². The van der Waals surface area contributed by atoms with Crippen molar-refractivity contribution < 1.29 is 9.47 Å². The molecular weight excluding hydrogens is 1290 g/mol. The summed E-state index contributed by atoms with van der Waals surface area (Å²) in [6, 6.07) is 145. The molecule has 0 atom stereocenters. The average Bonchev–Trinajstić information content (AvgIpc) is 0.707. The molecule has 0 amide bonds. The zero-order chi connectivity index (χ0) is 70.6. The van der Waals surface area contributed by atoms with Gasteiger partial charge in [-0.05, 0) is 92.0 Å². The molecule has 0 bridgehead atoms. The first kappa shape index (κ1) is 64.2. The molecule has 17 aromatic rings. The van der Waals surface area contributed by atoms with Crippen LogP contribution in [0.5, 0.6) is 23.0 Å². The third kappa shape index (κ3) is 11.6. The normalized spacial score (nSPS) is 12.6. The van der Waals surface area contributed by atoms with Crippen molar-refractivity contribution in [1.29, 1.82) is 0 Å². The summed E-state index contributed by atoms with van der Waals surface area (Å²) in [7, 11) is 0.